The summed E-state index contributed by atoms with van der Waals surface area (Å²) in [6.07, 6.45) is 1.15. The normalized spacial score (nSPS) is 19.8. The van der Waals surface area contributed by atoms with Gasteiger partial charge >= 0.3 is 0 Å². The molecule has 0 saturated carbocycles. The molecule has 3 rings (SSSR count). The van der Waals surface area contributed by atoms with Gasteiger partial charge in [0.1, 0.15) is 0 Å². The van der Waals surface area contributed by atoms with Crippen LogP contribution < -0.4 is 10.1 Å². The maximum atomic E-state index is 5.47. The number of hydrogen-bond donors (Lipinski definition) is 1. The van der Waals surface area contributed by atoms with E-state index in [1.54, 1.807) is 7.11 Å². The first-order chi connectivity index (χ1) is 10.3. The van der Waals surface area contributed by atoms with E-state index in [1.807, 2.05) is 24.3 Å². The number of nitrogens with zero attached hydrogens (tertiary/aromatic N) is 1. The highest BCUT2D eigenvalue weighted by atomic mass is 16.5. The van der Waals surface area contributed by atoms with Gasteiger partial charge in [-0.25, -0.2) is 4.98 Å². The van der Waals surface area contributed by atoms with Gasteiger partial charge in [-0.1, -0.05) is 18.2 Å². The Kier molecular flexibility index (Phi) is 4.36. The quantitative estimate of drug-likeness (QED) is 0.918. The van der Waals surface area contributed by atoms with Crippen LogP contribution >= 0.6 is 0 Å². The fourth-order valence-electron chi connectivity index (χ4n) is 2.86. The van der Waals surface area contributed by atoms with Gasteiger partial charge in [0, 0.05) is 30.6 Å². The number of benzene rings is 1. The number of fused-ring (bicyclic) bond motifs is 1. The van der Waals surface area contributed by atoms with Crippen molar-refractivity contribution in [3.63, 3.8) is 0 Å². The standard InChI is InChI=1S/C17H22N2O2/c1-12(13-7-8-21-11-13)18-10-14-9-17(20-2)19-16-6-4-3-5-15(14)16/h3-6,9,12-13,18H,7-8,10-11H2,1-2H3/t12-,13-/m0/s1. The van der Waals surface area contributed by atoms with Crippen molar-refractivity contribution in [2.75, 3.05) is 20.3 Å². The number of nitrogens with one attached hydrogen (secondary N) is 1. The first-order valence-electron chi connectivity index (χ1n) is 7.51. The summed E-state index contributed by atoms with van der Waals surface area (Å²) in [5.74, 6) is 1.28. The van der Waals surface area contributed by atoms with Crippen LogP contribution in [0.4, 0.5) is 0 Å². The van der Waals surface area contributed by atoms with Crippen LogP contribution in [0.1, 0.15) is 18.9 Å². The number of aromatic nitrogens is 1. The molecule has 4 nitrogen and oxygen atoms in total. The molecule has 1 aliphatic heterocycles. The van der Waals surface area contributed by atoms with Crippen LogP contribution in [-0.4, -0.2) is 31.3 Å². The third-order valence-electron chi connectivity index (χ3n) is 4.27. The number of hydrogen-bond acceptors (Lipinski definition) is 4. The van der Waals surface area contributed by atoms with E-state index in [2.05, 4.69) is 23.3 Å². The molecular formula is C17H22N2O2. The smallest absolute Gasteiger partial charge is 0.213 e. The van der Waals surface area contributed by atoms with Gasteiger partial charge in [0.25, 0.3) is 0 Å². The Morgan fingerprint density at radius 3 is 3.05 bits per heavy atom. The Labute approximate surface area is 125 Å². The molecule has 1 aromatic carbocycles. The lowest BCUT2D eigenvalue weighted by Gasteiger charge is -2.20. The van der Waals surface area contributed by atoms with E-state index in [4.69, 9.17) is 9.47 Å². The van der Waals surface area contributed by atoms with Crippen LogP contribution in [0, 0.1) is 5.92 Å². The van der Waals surface area contributed by atoms with Gasteiger partial charge in [-0.05, 0) is 30.9 Å². The Balaban J connectivity index is 1.79. The van der Waals surface area contributed by atoms with Crippen LogP contribution in [0.15, 0.2) is 30.3 Å². The van der Waals surface area contributed by atoms with E-state index in [9.17, 15) is 0 Å². The lowest BCUT2D eigenvalue weighted by Crippen LogP contribution is -2.33. The molecule has 1 aromatic heterocycles. The van der Waals surface area contributed by atoms with Crippen molar-refractivity contribution in [1.29, 1.82) is 0 Å². The predicted octanol–water partition coefficient (Wildman–Crippen LogP) is 2.76. The molecule has 2 atom stereocenters. The van der Waals surface area contributed by atoms with Crippen LogP contribution in [-0.2, 0) is 11.3 Å². The van der Waals surface area contributed by atoms with E-state index in [0.29, 0.717) is 17.8 Å². The fraction of sp³-hybridized carbons (Fsp3) is 0.471. The summed E-state index contributed by atoms with van der Waals surface area (Å²) in [4.78, 5) is 4.49. The minimum Gasteiger partial charge on any atom is -0.481 e. The maximum Gasteiger partial charge on any atom is 0.213 e. The van der Waals surface area contributed by atoms with Gasteiger partial charge in [0.15, 0.2) is 0 Å². The molecule has 1 saturated heterocycles. The molecule has 1 aliphatic rings. The minimum atomic E-state index is 0.449. The zero-order valence-electron chi connectivity index (χ0n) is 12.6. The van der Waals surface area contributed by atoms with E-state index in [1.165, 1.54) is 10.9 Å². The first-order valence-corrected chi connectivity index (χ1v) is 7.51. The van der Waals surface area contributed by atoms with Crippen molar-refractivity contribution in [3.05, 3.63) is 35.9 Å². The molecule has 0 unspecified atom stereocenters. The molecule has 112 valence electrons. The van der Waals surface area contributed by atoms with Gasteiger partial charge < -0.3 is 14.8 Å². The van der Waals surface area contributed by atoms with E-state index >= 15 is 0 Å². The number of para-hydroxylation sites is 1. The van der Waals surface area contributed by atoms with E-state index < -0.39 is 0 Å². The SMILES string of the molecule is COc1cc(CN[C@@H](C)[C@H]2CCOC2)c2ccccc2n1. The van der Waals surface area contributed by atoms with Crippen molar-refractivity contribution in [2.24, 2.45) is 5.92 Å². The Morgan fingerprint density at radius 1 is 1.43 bits per heavy atom. The van der Waals surface area contributed by atoms with Crippen molar-refractivity contribution < 1.29 is 9.47 Å². The van der Waals surface area contributed by atoms with E-state index in [0.717, 1.165) is 31.7 Å². The highest BCUT2D eigenvalue weighted by molar-refractivity contribution is 5.82. The Bertz CT molecular complexity index is 609. The summed E-state index contributed by atoms with van der Waals surface area (Å²) in [6.45, 7) is 4.81. The van der Waals surface area contributed by atoms with Crippen molar-refractivity contribution >= 4 is 10.9 Å². The molecule has 1 N–H and O–H groups in total. The summed E-state index contributed by atoms with van der Waals surface area (Å²) < 4.78 is 10.8. The van der Waals surface area contributed by atoms with Crippen LogP contribution in [0.2, 0.25) is 0 Å². The molecule has 0 spiro atoms. The van der Waals surface area contributed by atoms with Crippen LogP contribution in [0.25, 0.3) is 10.9 Å². The first kappa shape index (κ1) is 14.3. The summed E-state index contributed by atoms with van der Waals surface area (Å²) in [7, 11) is 1.66. The fourth-order valence-corrected chi connectivity index (χ4v) is 2.86. The summed E-state index contributed by atoms with van der Waals surface area (Å²) in [6, 6.07) is 10.7. The van der Waals surface area contributed by atoms with Crippen LogP contribution in [0.3, 0.4) is 0 Å². The lowest BCUT2D eigenvalue weighted by molar-refractivity contribution is 0.178. The molecule has 0 bridgehead atoms. The lowest BCUT2D eigenvalue weighted by atomic mass is 10.00. The van der Waals surface area contributed by atoms with Gasteiger partial charge in [0.2, 0.25) is 5.88 Å². The molecule has 2 aromatic rings. The Morgan fingerprint density at radius 2 is 2.29 bits per heavy atom. The van der Waals surface area contributed by atoms with Gasteiger partial charge in [0.05, 0.1) is 19.2 Å². The molecule has 21 heavy (non-hydrogen) atoms. The number of methoxy groups -OCH3 is 1. The molecule has 4 heteroatoms. The molecular weight excluding hydrogens is 264 g/mol. The summed E-state index contributed by atoms with van der Waals surface area (Å²) >= 11 is 0. The van der Waals surface area contributed by atoms with Crippen molar-refractivity contribution in [2.45, 2.75) is 25.9 Å². The van der Waals surface area contributed by atoms with E-state index in [-0.39, 0.29) is 0 Å². The predicted molar refractivity (Wildman–Crippen MR) is 83.5 cm³/mol. The van der Waals surface area contributed by atoms with Gasteiger partial charge in [-0.15, -0.1) is 0 Å². The highest BCUT2D eigenvalue weighted by Crippen LogP contribution is 2.23. The largest absolute Gasteiger partial charge is 0.481 e. The second kappa shape index (κ2) is 6.41. The Hall–Kier alpha value is -1.65. The van der Waals surface area contributed by atoms with Gasteiger partial charge in [-0.3, -0.25) is 0 Å². The average molecular weight is 286 g/mol. The third kappa shape index (κ3) is 3.17. The molecule has 0 radical (unpaired) electrons. The molecule has 1 fully saturated rings. The second-order valence-corrected chi connectivity index (χ2v) is 5.63. The average Bonchev–Trinajstić information content (AvgIpc) is 3.06. The number of ether oxygens (including phenoxy) is 2. The molecule has 0 aliphatic carbocycles. The molecule has 2 heterocycles. The number of pyridine rings is 1. The second-order valence-electron chi connectivity index (χ2n) is 5.63. The monoisotopic (exact) mass is 286 g/mol. The topological polar surface area (TPSA) is 43.4 Å². The third-order valence-corrected chi connectivity index (χ3v) is 4.27. The number of rotatable bonds is 5. The van der Waals surface area contributed by atoms with Crippen LogP contribution in [0.5, 0.6) is 5.88 Å². The summed E-state index contributed by atoms with van der Waals surface area (Å²) in [5, 5.41) is 4.80. The zero-order valence-corrected chi connectivity index (χ0v) is 12.6. The summed E-state index contributed by atoms with van der Waals surface area (Å²) in [5.41, 5.74) is 2.20. The van der Waals surface area contributed by atoms with Gasteiger partial charge in [-0.2, -0.15) is 0 Å². The van der Waals surface area contributed by atoms with Crippen molar-refractivity contribution in [1.82, 2.24) is 10.3 Å². The minimum absolute atomic E-state index is 0.449. The van der Waals surface area contributed by atoms with Crippen molar-refractivity contribution in [3.8, 4) is 5.88 Å². The zero-order chi connectivity index (χ0) is 14.7. The maximum absolute atomic E-state index is 5.47. The highest BCUT2D eigenvalue weighted by Gasteiger charge is 2.21. The molecule has 0 amide bonds.